The Kier molecular flexibility index (Phi) is 7.08. The summed E-state index contributed by atoms with van der Waals surface area (Å²) in [6, 6.07) is 12.6. The molecule has 6 nitrogen and oxygen atoms in total. The fourth-order valence-electron chi connectivity index (χ4n) is 3.65. The van der Waals surface area contributed by atoms with E-state index in [1.54, 1.807) is 29.2 Å². The van der Waals surface area contributed by atoms with Crippen LogP contribution >= 0.6 is 0 Å². The van der Waals surface area contributed by atoms with Gasteiger partial charge in [-0.15, -0.1) is 0 Å². The third kappa shape index (κ3) is 6.12. The Balaban J connectivity index is 1.72. The number of morpholine rings is 1. The van der Waals surface area contributed by atoms with Gasteiger partial charge in [-0.2, -0.15) is 0 Å². The molecule has 1 fully saturated rings. The SMILES string of the molecule is CC(C)(C)CC(=O)Nc1ccc(C2OCC(=O)N(Cc3ccc(F)cc3)C2CO)cc1. The highest BCUT2D eigenvalue weighted by atomic mass is 19.1. The van der Waals surface area contributed by atoms with Crippen LogP contribution in [0.3, 0.4) is 0 Å². The van der Waals surface area contributed by atoms with Crippen molar-refractivity contribution in [2.45, 2.75) is 45.9 Å². The lowest BCUT2D eigenvalue weighted by molar-refractivity contribution is -0.162. The predicted octanol–water partition coefficient (Wildman–Crippen LogP) is 3.66. The molecule has 0 saturated carbocycles. The van der Waals surface area contributed by atoms with Crippen LogP contribution in [0.25, 0.3) is 0 Å². The van der Waals surface area contributed by atoms with Gasteiger partial charge in [0.05, 0.1) is 12.6 Å². The van der Waals surface area contributed by atoms with E-state index in [2.05, 4.69) is 5.32 Å². The van der Waals surface area contributed by atoms with Gasteiger partial charge >= 0.3 is 0 Å². The summed E-state index contributed by atoms with van der Waals surface area (Å²) in [5, 5.41) is 12.9. The minimum Gasteiger partial charge on any atom is -0.394 e. The molecule has 2 aromatic carbocycles. The van der Waals surface area contributed by atoms with Crippen molar-refractivity contribution in [1.82, 2.24) is 4.90 Å². The van der Waals surface area contributed by atoms with Crippen LogP contribution in [0.4, 0.5) is 10.1 Å². The van der Waals surface area contributed by atoms with Crippen LogP contribution in [-0.4, -0.2) is 41.1 Å². The van der Waals surface area contributed by atoms with E-state index in [4.69, 9.17) is 4.74 Å². The van der Waals surface area contributed by atoms with Gasteiger partial charge in [0.15, 0.2) is 0 Å². The Hall–Kier alpha value is -2.77. The number of anilines is 1. The Labute approximate surface area is 182 Å². The molecule has 2 N–H and O–H groups in total. The van der Waals surface area contributed by atoms with Gasteiger partial charge in [0.2, 0.25) is 11.8 Å². The molecule has 2 atom stereocenters. The van der Waals surface area contributed by atoms with E-state index in [0.717, 1.165) is 11.1 Å². The average Bonchev–Trinajstić information content (AvgIpc) is 2.70. The van der Waals surface area contributed by atoms with Crippen molar-refractivity contribution < 1.29 is 23.8 Å². The first-order chi connectivity index (χ1) is 14.7. The van der Waals surface area contributed by atoms with Crippen molar-refractivity contribution in [2.24, 2.45) is 5.41 Å². The largest absolute Gasteiger partial charge is 0.394 e. The quantitative estimate of drug-likeness (QED) is 0.736. The molecule has 0 bridgehead atoms. The number of ether oxygens (including phenoxy) is 1. The Bertz CT molecular complexity index is 907. The number of hydrogen-bond donors (Lipinski definition) is 2. The van der Waals surface area contributed by atoms with Crippen LogP contribution in [0.2, 0.25) is 0 Å². The fraction of sp³-hybridized carbons (Fsp3) is 0.417. The summed E-state index contributed by atoms with van der Waals surface area (Å²) in [6.45, 7) is 5.89. The highest BCUT2D eigenvalue weighted by Crippen LogP contribution is 2.31. The smallest absolute Gasteiger partial charge is 0.249 e. The van der Waals surface area contributed by atoms with Crippen molar-refractivity contribution in [3.8, 4) is 0 Å². The Morgan fingerprint density at radius 1 is 1.16 bits per heavy atom. The lowest BCUT2D eigenvalue weighted by Gasteiger charge is -2.40. The molecule has 1 aliphatic rings. The number of nitrogens with zero attached hydrogens (tertiary/aromatic N) is 1. The van der Waals surface area contributed by atoms with Gasteiger partial charge in [-0.1, -0.05) is 45.0 Å². The summed E-state index contributed by atoms with van der Waals surface area (Å²) < 4.78 is 18.9. The fourth-order valence-corrected chi connectivity index (χ4v) is 3.65. The highest BCUT2D eigenvalue weighted by Gasteiger charge is 2.37. The third-order valence-electron chi connectivity index (χ3n) is 5.12. The molecule has 0 aliphatic carbocycles. The van der Waals surface area contributed by atoms with Crippen LogP contribution in [0.1, 0.15) is 44.4 Å². The number of hydrogen-bond acceptors (Lipinski definition) is 4. The molecule has 0 aromatic heterocycles. The molecule has 2 amide bonds. The van der Waals surface area contributed by atoms with Crippen LogP contribution in [0.15, 0.2) is 48.5 Å². The maximum absolute atomic E-state index is 13.2. The summed E-state index contributed by atoms with van der Waals surface area (Å²) in [4.78, 5) is 26.2. The summed E-state index contributed by atoms with van der Waals surface area (Å²) in [5.41, 5.74) is 2.14. The summed E-state index contributed by atoms with van der Waals surface area (Å²) in [7, 11) is 0. The summed E-state index contributed by atoms with van der Waals surface area (Å²) in [5.74, 6) is -0.632. The monoisotopic (exact) mass is 428 g/mol. The topological polar surface area (TPSA) is 78.9 Å². The van der Waals surface area contributed by atoms with E-state index < -0.39 is 12.1 Å². The maximum atomic E-state index is 13.2. The van der Waals surface area contributed by atoms with Gasteiger partial charge in [-0.25, -0.2) is 4.39 Å². The molecule has 7 heteroatoms. The molecule has 1 heterocycles. The van der Waals surface area contributed by atoms with Crippen molar-refractivity contribution in [3.05, 3.63) is 65.5 Å². The van der Waals surface area contributed by atoms with Gasteiger partial charge in [-0.05, 0) is 40.8 Å². The molecule has 2 aromatic rings. The van der Waals surface area contributed by atoms with E-state index in [-0.39, 0.29) is 42.8 Å². The van der Waals surface area contributed by atoms with Gasteiger partial charge in [0.1, 0.15) is 18.5 Å². The molecule has 1 saturated heterocycles. The number of carbonyl (C=O) groups is 2. The molecule has 166 valence electrons. The number of benzene rings is 2. The van der Waals surface area contributed by atoms with Crippen LogP contribution in [0.5, 0.6) is 0 Å². The predicted molar refractivity (Wildman–Crippen MR) is 116 cm³/mol. The van der Waals surface area contributed by atoms with Gasteiger partial charge in [0.25, 0.3) is 0 Å². The zero-order chi connectivity index (χ0) is 22.6. The van der Waals surface area contributed by atoms with Crippen molar-refractivity contribution in [1.29, 1.82) is 0 Å². The number of aliphatic hydroxyl groups is 1. The summed E-state index contributed by atoms with van der Waals surface area (Å²) >= 11 is 0. The van der Waals surface area contributed by atoms with Gasteiger partial charge in [0, 0.05) is 18.7 Å². The Morgan fingerprint density at radius 2 is 1.81 bits per heavy atom. The zero-order valence-corrected chi connectivity index (χ0v) is 18.1. The third-order valence-corrected chi connectivity index (χ3v) is 5.12. The molecule has 2 unspecified atom stereocenters. The number of aliphatic hydroxyl groups excluding tert-OH is 1. The Morgan fingerprint density at radius 3 is 2.39 bits per heavy atom. The molecular weight excluding hydrogens is 399 g/mol. The van der Waals surface area contributed by atoms with Crippen molar-refractivity contribution in [3.63, 3.8) is 0 Å². The molecule has 1 aliphatic heterocycles. The van der Waals surface area contributed by atoms with E-state index >= 15 is 0 Å². The van der Waals surface area contributed by atoms with E-state index in [1.807, 2.05) is 32.9 Å². The zero-order valence-electron chi connectivity index (χ0n) is 18.1. The van der Waals surface area contributed by atoms with E-state index in [9.17, 15) is 19.1 Å². The number of amides is 2. The molecule has 31 heavy (non-hydrogen) atoms. The first-order valence-electron chi connectivity index (χ1n) is 10.3. The first kappa shape index (κ1) is 22.9. The molecule has 0 spiro atoms. The van der Waals surface area contributed by atoms with Crippen molar-refractivity contribution in [2.75, 3.05) is 18.5 Å². The normalized spacial score (nSPS) is 19.4. The lowest BCUT2D eigenvalue weighted by atomic mass is 9.92. The number of halogens is 1. The minimum atomic E-state index is -0.576. The van der Waals surface area contributed by atoms with E-state index in [0.29, 0.717) is 12.1 Å². The number of nitrogens with one attached hydrogen (secondary N) is 1. The standard InChI is InChI=1S/C24H29FN2O4/c1-24(2,3)12-21(29)26-19-10-6-17(7-11-19)23-20(14-28)27(22(30)15-31-23)13-16-4-8-18(25)9-5-16/h4-11,20,23,28H,12-15H2,1-3H3,(H,26,29). The molecular formula is C24H29FN2O4. The van der Waals surface area contributed by atoms with Crippen LogP contribution in [-0.2, 0) is 20.9 Å². The lowest BCUT2D eigenvalue weighted by Crippen LogP contribution is -2.52. The molecule has 0 radical (unpaired) electrons. The maximum Gasteiger partial charge on any atom is 0.249 e. The van der Waals surface area contributed by atoms with Crippen LogP contribution < -0.4 is 5.32 Å². The van der Waals surface area contributed by atoms with E-state index in [1.165, 1.54) is 12.1 Å². The minimum absolute atomic E-state index is 0.0570. The second-order valence-corrected chi connectivity index (χ2v) is 9.04. The van der Waals surface area contributed by atoms with Crippen molar-refractivity contribution >= 4 is 17.5 Å². The first-order valence-corrected chi connectivity index (χ1v) is 10.3. The second-order valence-electron chi connectivity index (χ2n) is 9.04. The molecule has 3 rings (SSSR count). The van der Waals surface area contributed by atoms with Crippen LogP contribution in [0, 0.1) is 11.2 Å². The summed E-state index contributed by atoms with van der Waals surface area (Å²) in [6.07, 6.45) is -0.101. The number of carbonyl (C=O) groups excluding carboxylic acids is 2. The second kappa shape index (κ2) is 9.58. The average molecular weight is 429 g/mol. The highest BCUT2D eigenvalue weighted by molar-refractivity contribution is 5.91. The number of rotatable bonds is 6. The van der Waals surface area contributed by atoms with Gasteiger partial charge < -0.3 is 20.1 Å². The van der Waals surface area contributed by atoms with Gasteiger partial charge in [-0.3, -0.25) is 9.59 Å².